The number of likely N-dealkylation sites (tertiary alicyclic amines) is 2. The van der Waals surface area contributed by atoms with Gasteiger partial charge in [0.05, 0.1) is 12.0 Å². The average molecular weight is 321 g/mol. The van der Waals surface area contributed by atoms with Crippen LogP contribution >= 0.6 is 11.3 Å². The van der Waals surface area contributed by atoms with E-state index in [-0.39, 0.29) is 29.8 Å². The fourth-order valence-corrected chi connectivity index (χ4v) is 4.27. The van der Waals surface area contributed by atoms with Crippen molar-refractivity contribution in [3.63, 3.8) is 0 Å². The van der Waals surface area contributed by atoms with Gasteiger partial charge >= 0.3 is 0 Å². The Morgan fingerprint density at radius 3 is 2.86 bits per heavy atom. The van der Waals surface area contributed by atoms with Gasteiger partial charge in [-0.05, 0) is 33.1 Å². The maximum Gasteiger partial charge on any atom is 0.228 e. The first-order valence-electron chi connectivity index (χ1n) is 8.07. The van der Waals surface area contributed by atoms with Gasteiger partial charge in [0.25, 0.3) is 0 Å². The number of amides is 2. The number of rotatable bonds is 3. The smallest absolute Gasteiger partial charge is 0.228 e. The zero-order chi connectivity index (χ0) is 15.7. The molecule has 0 bridgehead atoms. The van der Waals surface area contributed by atoms with Crippen molar-refractivity contribution >= 4 is 23.2 Å². The molecule has 0 saturated carbocycles. The van der Waals surface area contributed by atoms with Gasteiger partial charge in [-0.25, -0.2) is 4.98 Å². The van der Waals surface area contributed by atoms with Gasteiger partial charge in [-0.3, -0.25) is 9.59 Å². The number of aromatic nitrogens is 1. The second-order valence-corrected chi connectivity index (χ2v) is 7.38. The summed E-state index contributed by atoms with van der Waals surface area (Å²) in [6, 6.07) is 0.269. The Kier molecular flexibility index (Phi) is 4.47. The molecule has 6 heteroatoms. The van der Waals surface area contributed by atoms with Crippen molar-refractivity contribution in [3.05, 3.63) is 16.6 Å². The number of thiazole rings is 1. The lowest BCUT2D eigenvalue weighted by Crippen LogP contribution is -2.43. The lowest BCUT2D eigenvalue weighted by Gasteiger charge is -2.36. The van der Waals surface area contributed by atoms with Gasteiger partial charge in [-0.1, -0.05) is 0 Å². The van der Waals surface area contributed by atoms with Crippen molar-refractivity contribution in [2.45, 2.75) is 51.6 Å². The summed E-state index contributed by atoms with van der Waals surface area (Å²) in [4.78, 5) is 33.2. The molecule has 22 heavy (non-hydrogen) atoms. The third kappa shape index (κ3) is 2.89. The number of nitrogens with zero attached hydrogens (tertiary/aromatic N) is 3. The Balaban J connectivity index is 1.74. The minimum Gasteiger partial charge on any atom is -0.339 e. The summed E-state index contributed by atoms with van der Waals surface area (Å²) in [5.74, 6) is 0.0584. The second kappa shape index (κ2) is 6.36. The molecule has 0 radical (unpaired) electrons. The van der Waals surface area contributed by atoms with E-state index in [0.29, 0.717) is 13.0 Å². The zero-order valence-corrected chi connectivity index (χ0v) is 14.0. The largest absolute Gasteiger partial charge is 0.339 e. The van der Waals surface area contributed by atoms with Crippen LogP contribution < -0.4 is 0 Å². The molecule has 3 rings (SSSR count). The van der Waals surface area contributed by atoms with Gasteiger partial charge in [-0.2, -0.15) is 0 Å². The normalized spacial score (nSPS) is 26.0. The van der Waals surface area contributed by atoms with E-state index in [2.05, 4.69) is 4.98 Å². The zero-order valence-electron chi connectivity index (χ0n) is 13.2. The molecule has 0 aliphatic carbocycles. The molecule has 0 aromatic carbocycles. The van der Waals surface area contributed by atoms with Crippen molar-refractivity contribution in [1.29, 1.82) is 0 Å². The Bertz CT molecular complexity index is 544. The molecule has 2 aliphatic rings. The minimum absolute atomic E-state index is 0.101. The highest BCUT2D eigenvalue weighted by atomic mass is 32.1. The molecule has 120 valence electrons. The molecule has 2 atom stereocenters. The fraction of sp³-hybridized carbons (Fsp3) is 0.688. The molecular weight excluding hydrogens is 298 g/mol. The van der Waals surface area contributed by atoms with E-state index in [4.69, 9.17) is 0 Å². The SMILES string of the molecule is CC(C)N1C[C@@H](C(=O)N2CCCC[C@H]2c2nccs2)CC1=O. The highest BCUT2D eigenvalue weighted by Gasteiger charge is 2.40. The van der Waals surface area contributed by atoms with Crippen molar-refractivity contribution < 1.29 is 9.59 Å². The van der Waals surface area contributed by atoms with Crippen LogP contribution in [0.1, 0.15) is 50.6 Å². The van der Waals surface area contributed by atoms with E-state index in [1.807, 2.05) is 29.0 Å². The first-order chi connectivity index (χ1) is 10.6. The summed E-state index contributed by atoms with van der Waals surface area (Å²) in [6.45, 7) is 5.36. The molecule has 2 amide bonds. The number of hydrogen-bond donors (Lipinski definition) is 0. The van der Waals surface area contributed by atoms with E-state index in [1.165, 1.54) is 0 Å². The molecule has 0 unspecified atom stereocenters. The van der Waals surface area contributed by atoms with Crippen molar-refractivity contribution in [2.24, 2.45) is 5.92 Å². The van der Waals surface area contributed by atoms with Crippen LogP contribution in [0.4, 0.5) is 0 Å². The third-order valence-corrected chi connectivity index (χ3v) is 5.53. The maximum absolute atomic E-state index is 12.9. The van der Waals surface area contributed by atoms with Crippen LogP contribution in [-0.4, -0.2) is 45.7 Å². The summed E-state index contributed by atoms with van der Waals surface area (Å²) in [7, 11) is 0. The number of carbonyl (C=O) groups excluding carboxylic acids is 2. The first-order valence-corrected chi connectivity index (χ1v) is 8.95. The van der Waals surface area contributed by atoms with Crippen LogP contribution in [0, 0.1) is 5.92 Å². The van der Waals surface area contributed by atoms with Gasteiger partial charge in [0, 0.05) is 37.1 Å². The Morgan fingerprint density at radius 2 is 2.23 bits per heavy atom. The van der Waals surface area contributed by atoms with Crippen LogP contribution in [-0.2, 0) is 9.59 Å². The summed E-state index contributed by atoms with van der Waals surface area (Å²) >= 11 is 1.62. The van der Waals surface area contributed by atoms with Gasteiger partial charge in [0.15, 0.2) is 0 Å². The topological polar surface area (TPSA) is 53.5 Å². The number of piperidine rings is 1. The van der Waals surface area contributed by atoms with Crippen LogP contribution in [0.5, 0.6) is 0 Å². The molecule has 0 spiro atoms. The molecule has 3 heterocycles. The predicted molar refractivity (Wildman–Crippen MR) is 85.4 cm³/mol. The molecule has 1 aromatic heterocycles. The van der Waals surface area contributed by atoms with Gasteiger partial charge in [0.1, 0.15) is 5.01 Å². The van der Waals surface area contributed by atoms with Crippen LogP contribution in [0.25, 0.3) is 0 Å². The summed E-state index contributed by atoms with van der Waals surface area (Å²) in [5, 5.41) is 2.99. The average Bonchev–Trinajstić information content (AvgIpc) is 3.15. The quantitative estimate of drug-likeness (QED) is 0.859. The van der Waals surface area contributed by atoms with E-state index in [0.717, 1.165) is 30.8 Å². The highest BCUT2D eigenvalue weighted by Crippen LogP contribution is 2.34. The van der Waals surface area contributed by atoms with Crippen LogP contribution in [0.2, 0.25) is 0 Å². The number of hydrogen-bond acceptors (Lipinski definition) is 4. The summed E-state index contributed by atoms with van der Waals surface area (Å²) in [6.07, 6.45) is 5.32. The Hall–Kier alpha value is -1.43. The Morgan fingerprint density at radius 1 is 1.41 bits per heavy atom. The third-order valence-electron chi connectivity index (χ3n) is 4.65. The molecule has 5 nitrogen and oxygen atoms in total. The van der Waals surface area contributed by atoms with Gasteiger partial charge < -0.3 is 9.80 Å². The maximum atomic E-state index is 12.9. The summed E-state index contributed by atoms with van der Waals surface area (Å²) in [5.41, 5.74) is 0. The molecule has 1 aromatic rings. The molecular formula is C16H23N3O2S. The standard InChI is InChI=1S/C16H23N3O2S/c1-11(2)19-10-12(9-14(19)20)16(21)18-7-4-3-5-13(18)15-17-6-8-22-15/h6,8,11-13H,3-5,7,9-10H2,1-2H3/t12-,13-/m0/s1. The van der Waals surface area contributed by atoms with E-state index < -0.39 is 0 Å². The predicted octanol–water partition coefficient (Wildman–Crippen LogP) is 2.45. The van der Waals surface area contributed by atoms with Crippen molar-refractivity contribution in [2.75, 3.05) is 13.1 Å². The number of carbonyl (C=O) groups is 2. The highest BCUT2D eigenvalue weighted by molar-refractivity contribution is 7.09. The second-order valence-electron chi connectivity index (χ2n) is 6.45. The Labute approximate surface area is 135 Å². The lowest BCUT2D eigenvalue weighted by atomic mass is 9.99. The minimum atomic E-state index is -0.185. The monoisotopic (exact) mass is 321 g/mol. The van der Waals surface area contributed by atoms with Gasteiger partial charge in [0.2, 0.25) is 11.8 Å². The van der Waals surface area contributed by atoms with Crippen LogP contribution in [0.15, 0.2) is 11.6 Å². The van der Waals surface area contributed by atoms with Crippen molar-refractivity contribution in [3.8, 4) is 0 Å². The van der Waals surface area contributed by atoms with Crippen molar-refractivity contribution in [1.82, 2.24) is 14.8 Å². The van der Waals surface area contributed by atoms with Gasteiger partial charge in [-0.15, -0.1) is 11.3 Å². The van der Waals surface area contributed by atoms with E-state index >= 15 is 0 Å². The summed E-state index contributed by atoms with van der Waals surface area (Å²) < 4.78 is 0. The molecule has 2 fully saturated rings. The molecule has 2 aliphatic heterocycles. The molecule has 2 saturated heterocycles. The molecule has 0 N–H and O–H groups in total. The van der Waals surface area contributed by atoms with E-state index in [1.54, 1.807) is 17.5 Å². The first kappa shape index (κ1) is 15.5. The van der Waals surface area contributed by atoms with E-state index in [9.17, 15) is 9.59 Å². The lowest BCUT2D eigenvalue weighted by molar-refractivity contribution is -0.139. The fourth-order valence-electron chi connectivity index (χ4n) is 3.48. The van der Waals surface area contributed by atoms with Crippen LogP contribution in [0.3, 0.4) is 0 Å².